The first kappa shape index (κ1) is 16.4. The predicted octanol–water partition coefficient (Wildman–Crippen LogP) is 2.36. The van der Waals surface area contributed by atoms with Crippen LogP contribution in [0.5, 0.6) is 5.75 Å². The van der Waals surface area contributed by atoms with Gasteiger partial charge in [0.1, 0.15) is 11.6 Å². The molecule has 4 nitrogen and oxygen atoms in total. The van der Waals surface area contributed by atoms with Crippen LogP contribution in [0.15, 0.2) is 18.2 Å². The number of benzene rings is 1. The van der Waals surface area contributed by atoms with E-state index in [1.54, 1.807) is 0 Å². The van der Waals surface area contributed by atoms with Crippen LogP contribution in [0, 0.1) is 5.82 Å². The first-order valence-electron chi connectivity index (χ1n) is 6.72. The molecule has 0 aromatic heterocycles. The van der Waals surface area contributed by atoms with Crippen molar-refractivity contribution in [1.29, 1.82) is 0 Å². The van der Waals surface area contributed by atoms with E-state index >= 15 is 0 Å². The molecule has 1 aromatic rings. The summed E-state index contributed by atoms with van der Waals surface area (Å²) in [6, 6.07) is 4.24. The van der Waals surface area contributed by atoms with Gasteiger partial charge >= 0.3 is 0 Å². The third kappa shape index (κ3) is 5.17. The van der Waals surface area contributed by atoms with E-state index in [4.69, 9.17) is 10.5 Å². The molecule has 1 rings (SSSR count). The summed E-state index contributed by atoms with van der Waals surface area (Å²) in [5.41, 5.74) is 5.83. The molecule has 0 aliphatic carbocycles. The lowest BCUT2D eigenvalue weighted by molar-refractivity contribution is -0.124. The van der Waals surface area contributed by atoms with Crippen LogP contribution >= 0.6 is 0 Å². The van der Waals surface area contributed by atoms with E-state index < -0.39 is 12.0 Å². The highest BCUT2D eigenvalue weighted by Crippen LogP contribution is 2.22. The van der Waals surface area contributed by atoms with E-state index in [2.05, 4.69) is 5.32 Å². The number of hydrogen-bond donors (Lipinski definition) is 2. The van der Waals surface area contributed by atoms with Crippen molar-refractivity contribution in [3.05, 3.63) is 29.6 Å². The number of carbonyl (C=O) groups excluding carboxylic acids is 1. The number of halogens is 1. The molecule has 0 fully saturated rings. The van der Waals surface area contributed by atoms with Gasteiger partial charge in [-0.25, -0.2) is 4.39 Å². The van der Waals surface area contributed by atoms with Crippen molar-refractivity contribution in [3.63, 3.8) is 0 Å². The third-order valence-electron chi connectivity index (χ3n) is 2.79. The fourth-order valence-electron chi connectivity index (χ4n) is 1.66. The van der Waals surface area contributed by atoms with Gasteiger partial charge in [-0.3, -0.25) is 4.79 Å². The molecular formula is C15H23FN2O2. The van der Waals surface area contributed by atoms with Crippen molar-refractivity contribution in [1.82, 2.24) is 5.32 Å². The lowest BCUT2D eigenvalue weighted by Gasteiger charge is -2.22. The number of nitrogens with two attached hydrogens (primary N) is 1. The normalized spacial score (nSPS) is 13.1. The SMILES string of the molecule is CCC(Oc1ccc(F)cc1CNC(C)(C)C)C(N)=O. The maximum absolute atomic E-state index is 13.4. The van der Waals surface area contributed by atoms with Gasteiger partial charge in [0.05, 0.1) is 0 Å². The molecule has 0 saturated carbocycles. The molecule has 0 heterocycles. The van der Waals surface area contributed by atoms with Gasteiger partial charge in [-0.15, -0.1) is 0 Å². The molecule has 0 bridgehead atoms. The van der Waals surface area contributed by atoms with Crippen LogP contribution in [0.4, 0.5) is 4.39 Å². The summed E-state index contributed by atoms with van der Waals surface area (Å²) >= 11 is 0. The second-order valence-corrected chi connectivity index (χ2v) is 5.77. The Bertz CT molecular complexity index is 469. The quantitative estimate of drug-likeness (QED) is 0.842. The molecule has 0 radical (unpaired) electrons. The zero-order chi connectivity index (χ0) is 15.3. The number of hydrogen-bond acceptors (Lipinski definition) is 3. The van der Waals surface area contributed by atoms with Crippen LogP contribution in [0.2, 0.25) is 0 Å². The van der Waals surface area contributed by atoms with E-state index in [9.17, 15) is 9.18 Å². The highest BCUT2D eigenvalue weighted by Gasteiger charge is 2.18. The van der Waals surface area contributed by atoms with Gasteiger partial charge in [-0.05, 0) is 45.4 Å². The lowest BCUT2D eigenvalue weighted by atomic mass is 10.1. The molecule has 5 heteroatoms. The summed E-state index contributed by atoms with van der Waals surface area (Å²) in [5.74, 6) is -0.379. The maximum atomic E-state index is 13.4. The number of rotatable bonds is 6. The van der Waals surface area contributed by atoms with Gasteiger partial charge in [-0.1, -0.05) is 6.92 Å². The van der Waals surface area contributed by atoms with Gasteiger partial charge in [0.25, 0.3) is 5.91 Å². The Morgan fingerprint density at radius 2 is 2.10 bits per heavy atom. The van der Waals surface area contributed by atoms with Crippen molar-refractivity contribution in [3.8, 4) is 5.75 Å². The molecule has 20 heavy (non-hydrogen) atoms. The zero-order valence-electron chi connectivity index (χ0n) is 12.5. The summed E-state index contributed by atoms with van der Waals surface area (Å²) < 4.78 is 19.0. The standard InChI is InChI=1S/C15H23FN2O2/c1-5-12(14(17)19)20-13-7-6-11(16)8-10(13)9-18-15(2,3)4/h6-8,12,18H,5,9H2,1-4H3,(H2,17,19). The average Bonchev–Trinajstić information content (AvgIpc) is 2.33. The van der Waals surface area contributed by atoms with E-state index in [1.165, 1.54) is 18.2 Å². The summed E-state index contributed by atoms with van der Waals surface area (Å²) in [6.07, 6.45) is -0.229. The van der Waals surface area contributed by atoms with Crippen LogP contribution in [-0.2, 0) is 11.3 Å². The fourth-order valence-corrected chi connectivity index (χ4v) is 1.66. The smallest absolute Gasteiger partial charge is 0.258 e. The Hall–Kier alpha value is -1.62. The molecule has 1 amide bonds. The van der Waals surface area contributed by atoms with Crippen LogP contribution in [0.1, 0.15) is 39.7 Å². The Morgan fingerprint density at radius 3 is 2.60 bits per heavy atom. The first-order valence-corrected chi connectivity index (χ1v) is 6.72. The van der Waals surface area contributed by atoms with Crippen molar-refractivity contribution in [2.75, 3.05) is 0 Å². The molecular weight excluding hydrogens is 259 g/mol. The predicted molar refractivity (Wildman–Crippen MR) is 76.9 cm³/mol. The molecule has 1 atom stereocenters. The van der Waals surface area contributed by atoms with Gasteiger partial charge in [0.2, 0.25) is 0 Å². The summed E-state index contributed by atoms with van der Waals surface area (Å²) in [4.78, 5) is 11.2. The Morgan fingerprint density at radius 1 is 1.45 bits per heavy atom. The number of primary amides is 1. The van der Waals surface area contributed by atoms with Crippen LogP contribution in [-0.4, -0.2) is 17.6 Å². The monoisotopic (exact) mass is 282 g/mol. The molecule has 0 saturated heterocycles. The van der Waals surface area contributed by atoms with Crippen molar-refractivity contribution in [2.45, 2.75) is 52.3 Å². The summed E-state index contributed by atoms with van der Waals surface area (Å²) in [6.45, 7) is 8.32. The number of ether oxygens (including phenoxy) is 1. The van der Waals surface area contributed by atoms with Crippen LogP contribution in [0.3, 0.4) is 0 Å². The molecule has 112 valence electrons. The highest BCUT2D eigenvalue weighted by atomic mass is 19.1. The molecule has 1 unspecified atom stereocenters. The number of amides is 1. The van der Waals surface area contributed by atoms with E-state index in [1.807, 2.05) is 27.7 Å². The van der Waals surface area contributed by atoms with Crippen molar-refractivity contribution >= 4 is 5.91 Å². The lowest BCUT2D eigenvalue weighted by Crippen LogP contribution is -2.36. The minimum absolute atomic E-state index is 0.0998. The van der Waals surface area contributed by atoms with Crippen molar-refractivity contribution in [2.24, 2.45) is 5.73 Å². The number of carbonyl (C=O) groups is 1. The Labute approximate surface area is 119 Å². The summed E-state index contributed by atoms with van der Waals surface area (Å²) in [7, 11) is 0. The maximum Gasteiger partial charge on any atom is 0.258 e. The largest absolute Gasteiger partial charge is 0.480 e. The minimum Gasteiger partial charge on any atom is -0.480 e. The van der Waals surface area contributed by atoms with Crippen LogP contribution in [0.25, 0.3) is 0 Å². The van der Waals surface area contributed by atoms with Crippen LogP contribution < -0.4 is 15.8 Å². The second kappa shape index (κ2) is 6.70. The molecule has 0 aliphatic heterocycles. The molecule has 1 aromatic carbocycles. The Balaban J connectivity index is 2.92. The van der Waals surface area contributed by atoms with Gasteiger partial charge in [-0.2, -0.15) is 0 Å². The molecule has 0 spiro atoms. The van der Waals surface area contributed by atoms with Gasteiger partial charge < -0.3 is 15.8 Å². The first-order chi connectivity index (χ1) is 9.23. The van der Waals surface area contributed by atoms with Gasteiger partial charge in [0.15, 0.2) is 6.10 Å². The third-order valence-corrected chi connectivity index (χ3v) is 2.79. The molecule has 0 aliphatic rings. The van der Waals surface area contributed by atoms with Crippen molar-refractivity contribution < 1.29 is 13.9 Å². The fraction of sp³-hybridized carbons (Fsp3) is 0.533. The van der Waals surface area contributed by atoms with Gasteiger partial charge in [0, 0.05) is 17.6 Å². The zero-order valence-corrected chi connectivity index (χ0v) is 12.5. The Kier molecular flexibility index (Phi) is 5.51. The topological polar surface area (TPSA) is 64.3 Å². The number of nitrogens with one attached hydrogen (secondary N) is 1. The summed E-state index contributed by atoms with van der Waals surface area (Å²) in [5, 5.41) is 3.26. The second-order valence-electron chi connectivity index (χ2n) is 5.77. The molecule has 3 N–H and O–H groups in total. The minimum atomic E-state index is -0.700. The van der Waals surface area contributed by atoms with E-state index in [0.717, 1.165) is 0 Å². The van der Waals surface area contributed by atoms with E-state index in [-0.39, 0.29) is 11.4 Å². The van der Waals surface area contributed by atoms with E-state index in [0.29, 0.717) is 24.3 Å². The average molecular weight is 282 g/mol. The highest BCUT2D eigenvalue weighted by molar-refractivity contribution is 5.79.